The molecule has 4 nitrogen and oxygen atoms in total. The summed E-state index contributed by atoms with van der Waals surface area (Å²) in [5.41, 5.74) is 0. The van der Waals surface area contributed by atoms with Gasteiger partial charge in [0, 0.05) is 6.54 Å². The fourth-order valence-electron chi connectivity index (χ4n) is 2.67. The molecule has 1 saturated heterocycles. The molecule has 17 heavy (non-hydrogen) atoms. The molecule has 0 aromatic carbocycles. The van der Waals surface area contributed by atoms with Crippen LogP contribution >= 0.6 is 0 Å². The van der Waals surface area contributed by atoms with Crippen molar-refractivity contribution in [2.45, 2.75) is 51.6 Å². The zero-order chi connectivity index (χ0) is 12.7. The first kappa shape index (κ1) is 14.5. The maximum Gasteiger partial charge on any atom is 0.306 e. The van der Waals surface area contributed by atoms with Gasteiger partial charge in [0.2, 0.25) is 0 Å². The normalized spacial score (nSPS) is 24.2. The van der Waals surface area contributed by atoms with Gasteiger partial charge in [0.15, 0.2) is 0 Å². The number of aliphatic carboxylic acids is 1. The Kier molecular flexibility index (Phi) is 6.52. The molecule has 100 valence electrons. The highest BCUT2D eigenvalue weighted by atomic mass is 16.4. The van der Waals surface area contributed by atoms with Crippen LogP contribution < -0.4 is 0 Å². The van der Waals surface area contributed by atoms with E-state index in [1.807, 2.05) is 0 Å². The van der Waals surface area contributed by atoms with E-state index >= 15 is 0 Å². The summed E-state index contributed by atoms with van der Waals surface area (Å²) in [5.74, 6) is -0.0993. The van der Waals surface area contributed by atoms with Crippen LogP contribution in [0.1, 0.15) is 45.4 Å². The second kappa shape index (κ2) is 7.67. The summed E-state index contributed by atoms with van der Waals surface area (Å²) >= 11 is 0. The van der Waals surface area contributed by atoms with Crippen LogP contribution in [0.4, 0.5) is 0 Å². The lowest BCUT2D eigenvalue weighted by Gasteiger charge is -2.22. The minimum absolute atomic E-state index is 0.144. The van der Waals surface area contributed by atoms with Gasteiger partial charge in [0.05, 0.1) is 12.5 Å². The number of carboxylic acids is 1. The maximum absolute atomic E-state index is 10.5. The molecule has 0 aliphatic carbocycles. The summed E-state index contributed by atoms with van der Waals surface area (Å²) < 4.78 is 0. The molecule has 0 spiro atoms. The van der Waals surface area contributed by atoms with Crippen LogP contribution in [0.25, 0.3) is 0 Å². The lowest BCUT2D eigenvalue weighted by atomic mass is 9.96. The molecular weight excluding hydrogens is 218 g/mol. The van der Waals surface area contributed by atoms with Gasteiger partial charge in [-0.1, -0.05) is 19.8 Å². The highest BCUT2D eigenvalue weighted by Crippen LogP contribution is 2.22. The van der Waals surface area contributed by atoms with Crippen LogP contribution in [0.3, 0.4) is 0 Å². The average molecular weight is 243 g/mol. The summed E-state index contributed by atoms with van der Waals surface area (Å²) in [7, 11) is 0. The monoisotopic (exact) mass is 243 g/mol. The predicted octanol–water partition coefficient (Wildman–Crippen LogP) is 1.72. The Bertz CT molecular complexity index is 233. The number of nitrogens with zero attached hydrogens (tertiary/aromatic N) is 1. The molecule has 2 atom stereocenters. The Labute approximate surface area is 104 Å². The van der Waals surface area contributed by atoms with E-state index in [1.54, 1.807) is 0 Å². The number of β-amino-alcohol motifs (C(OH)–C–C–N with tert-alkyl or cyclic N) is 1. The van der Waals surface area contributed by atoms with Crippen LogP contribution in [0.2, 0.25) is 0 Å². The van der Waals surface area contributed by atoms with Gasteiger partial charge in [-0.15, -0.1) is 0 Å². The highest BCUT2D eigenvalue weighted by molar-refractivity contribution is 5.67. The Balaban J connectivity index is 2.28. The lowest BCUT2D eigenvalue weighted by Crippen LogP contribution is -2.34. The molecule has 0 saturated carbocycles. The van der Waals surface area contributed by atoms with Gasteiger partial charge >= 0.3 is 5.97 Å². The van der Waals surface area contributed by atoms with Gasteiger partial charge in [-0.05, 0) is 38.3 Å². The van der Waals surface area contributed by atoms with Gasteiger partial charge in [-0.25, -0.2) is 0 Å². The molecule has 0 radical (unpaired) electrons. The molecule has 1 aliphatic rings. The molecule has 2 N–H and O–H groups in total. The van der Waals surface area contributed by atoms with Gasteiger partial charge in [0.1, 0.15) is 0 Å². The van der Waals surface area contributed by atoms with Crippen LogP contribution in [-0.2, 0) is 4.79 Å². The molecule has 0 aromatic heterocycles. The topological polar surface area (TPSA) is 60.8 Å². The Morgan fingerprint density at radius 3 is 2.82 bits per heavy atom. The van der Waals surface area contributed by atoms with E-state index in [0.717, 1.165) is 19.0 Å². The standard InChI is InChI=1S/C13H25NO3/c1-2-4-11-5-3-7-14(8-6-11)10-12(15)9-13(16)17/h11-12,15H,2-10H2,1H3,(H,16,17). The zero-order valence-corrected chi connectivity index (χ0v) is 10.8. The molecule has 4 heteroatoms. The summed E-state index contributed by atoms with van der Waals surface area (Å²) in [5, 5.41) is 18.2. The van der Waals surface area contributed by atoms with Crippen molar-refractivity contribution in [3.05, 3.63) is 0 Å². The number of carbonyl (C=O) groups is 1. The van der Waals surface area contributed by atoms with E-state index in [1.165, 1.54) is 32.1 Å². The number of rotatable bonds is 6. The molecule has 1 aliphatic heterocycles. The largest absolute Gasteiger partial charge is 0.481 e. The first-order chi connectivity index (χ1) is 8.11. The van der Waals surface area contributed by atoms with Crippen molar-refractivity contribution < 1.29 is 15.0 Å². The lowest BCUT2D eigenvalue weighted by molar-refractivity contribution is -0.139. The van der Waals surface area contributed by atoms with Crippen molar-refractivity contribution in [1.82, 2.24) is 4.90 Å². The summed E-state index contributed by atoms with van der Waals surface area (Å²) in [6.07, 6.45) is 5.31. The zero-order valence-electron chi connectivity index (χ0n) is 10.8. The number of aliphatic hydroxyl groups excluding tert-OH is 1. The number of carboxylic acid groups (broad SMARTS) is 1. The third kappa shape index (κ3) is 6.03. The van der Waals surface area contributed by atoms with Crippen LogP contribution in [0.15, 0.2) is 0 Å². The SMILES string of the molecule is CCCC1CCCN(CC(O)CC(=O)O)CC1. The first-order valence-electron chi connectivity index (χ1n) is 6.74. The molecule has 1 heterocycles. The minimum atomic E-state index is -0.920. The number of aliphatic hydroxyl groups is 1. The van der Waals surface area contributed by atoms with Crippen molar-refractivity contribution in [3.63, 3.8) is 0 Å². The highest BCUT2D eigenvalue weighted by Gasteiger charge is 2.19. The second-order valence-corrected chi connectivity index (χ2v) is 5.14. The van der Waals surface area contributed by atoms with Crippen molar-refractivity contribution in [3.8, 4) is 0 Å². The van der Waals surface area contributed by atoms with E-state index in [-0.39, 0.29) is 6.42 Å². The van der Waals surface area contributed by atoms with E-state index < -0.39 is 12.1 Å². The van der Waals surface area contributed by atoms with Crippen LogP contribution in [0.5, 0.6) is 0 Å². The second-order valence-electron chi connectivity index (χ2n) is 5.14. The Hall–Kier alpha value is -0.610. The number of likely N-dealkylation sites (tertiary alicyclic amines) is 1. The fraction of sp³-hybridized carbons (Fsp3) is 0.923. The molecular formula is C13H25NO3. The third-order valence-corrected chi connectivity index (χ3v) is 3.52. The fourth-order valence-corrected chi connectivity index (χ4v) is 2.67. The molecule has 0 amide bonds. The van der Waals surface area contributed by atoms with Crippen molar-refractivity contribution in [2.24, 2.45) is 5.92 Å². The van der Waals surface area contributed by atoms with Gasteiger partial charge in [-0.3, -0.25) is 4.79 Å². The summed E-state index contributed by atoms with van der Waals surface area (Å²) in [4.78, 5) is 12.7. The van der Waals surface area contributed by atoms with Gasteiger partial charge in [0.25, 0.3) is 0 Å². The van der Waals surface area contributed by atoms with E-state index in [9.17, 15) is 9.90 Å². The molecule has 0 bridgehead atoms. The quantitative estimate of drug-likeness (QED) is 0.746. The first-order valence-corrected chi connectivity index (χ1v) is 6.74. The molecule has 1 fully saturated rings. The van der Waals surface area contributed by atoms with Gasteiger partial charge < -0.3 is 15.1 Å². The molecule has 0 aromatic rings. The minimum Gasteiger partial charge on any atom is -0.481 e. The van der Waals surface area contributed by atoms with Crippen LogP contribution in [-0.4, -0.2) is 46.8 Å². The van der Waals surface area contributed by atoms with E-state index in [4.69, 9.17) is 5.11 Å². The third-order valence-electron chi connectivity index (χ3n) is 3.52. The molecule has 1 rings (SSSR count). The predicted molar refractivity (Wildman–Crippen MR) is 66.9 cm³/mol. The smallest absolute Gasteiger partial charge is 0.306 e. The number of hydrogen-bond donors (Lipinski definition) is 2. The van der Waals surface area contributed by atoms with Crippen molar-refractivity contribution >= 4 is 5.97 Å². The van der Waals surface area contributed by atoms with Crippen molar-refractivity contribution in [1.29, 1.82) is 0 Å². The van der Waals surface area contributed by atoms with Gasteiger partial charge in [-0.2, -0.15) is 0 Å². The maximum atomic E-state index is 10.5. The summed E-state index contributed by atoms with van der Waals surface area (Å²) in [6.45, 7) is 4.72. The van der Waals surface area contributed by atoms with Crippen LogP contribution in [0, 0.1) is 5.92 Å². The van der Waals surface area contributed by atoms with E-state index in [0.29, 0.717) is 6.54 Å². The summed E-state index contributed by atoms with van der Waals surface area (Å²) in [6, 6.07) is 0. The van der Waals surface area contributed by atoms with E-state index in [2.05, 4.69) is 11.8 Å². The number of hydrogen-bond acceptors (Lipinski definition) is 3. The average Bonchev–Trinajstić information content (AvgIpc) is 2.43. The van der Waals surface area contributed by atoms with Crippen molar-refractivity contribution in [2.75, 3.05) is 19.6 Å². The Morgan fingerprint density at radius 1 is 1.41 bits per heavy atom. The molecule has 2 unspecified atom stereocenters. The Morgan fingerprint density at radius 2 is 2.18 bits per heavy atom.